The molecule has 0 spiro atoms. The van der Waals surface area contributed by atoms with E-state index in [1.807, 2.05) is 24.6 Å². The molecule has 4 amide bonds. The Kier molecular flexibility index (Phi) is 11.9. The van der Waals surface area contributed by atoms with Gasteiger partial charge >= 0.3 is 18.1 Å². The minimum atomic E-state index is -1.32. The fraction of sp³-hybridized carbons (Fsp3) is 0.586. The maximum absolute atomic E-state index is 13.3. The molecule has 14 heteroatoms. The number of rotatable bonds is 7. The molecule has 1 aliphatic rings. The first-order chi connectivity index (χ1) is 20.3. The highest BCUT2D eigenvalue weighted by Crippen LogP contribution is 2.12. The maximum Gasteiger partial charge on any atom is 0.413 e. The lowest BCUT2D eigenvalue weighted by molar-refractivity contribution is -0.139. The number of hydrogen-bond acceptors (Lipinski definition) is 8. The van der Waals surface area contributed by atoms with E-state index in [-0.39, 0.29) is 30.6 Å². The van der Waals surface area contributed by atoms with Gasteiger partial charge in [0, 0.05) is 38.4 Å². The topological polar surface area (TPSA) is 186 Å². The van der Waals surface area contributed by atoms with Crippen molar-refractivity contribution in [2.24, 2.45) is 5.92 Å². The van der Waals surface area contributed by atoms with Crippen molar-refractivity contribution in [3.8, 4) is 0 Å². The number of urea groups is 1. The lowest BCUT2D eigenvalue weighted by Gasteiger charge is -2.26. The van der Waals surface area contributed by atoms with Crippen molar-refractivity contribution in [3.05, 3.63) is 42.1 Å². The predicted molar refractivity (Wildman–Crippen MR) is 157 cm³/mol. The molecular weight excluding hydrogens is 558 g/mol. The van der Waals surface area contributed by atoms with Crippen LogP contribution < -0.4 is 21.3 Å². The molecule has 0 unspecified atom stereocenters. The number of carbonyl (C=O) groups is 4. The Labute approximate surface area is 251 Å². The molecule has 3 atom stereocenters. The zero-order valence-corrected chi connectivity index (χ0v) is 25.4. The van der Waals surface area contributed by atoms with E-state index in [4.69, 9.17) is 9.47 Å². The molecule has 0 saturated carbocycles. The van der Waals surface area contributed by atoms with Crippen LogP contribution in [0.4, 0.5) is 15.4 Å². The van der Waals surface area contributed by atoms with Crippen molar-refractivity contribution < 1.29 is 33.8 Å². The van der Waals surface area contributed by atoms with Crippen molar-refractivity contribution in [3.63, 3.8) is 0 Å². The van der Waals surface area contributed by atoms with Crippen LogP contribution in [0, 0.1) is 5.92 Å². The summed E-state index contributed by atoms with van der Waals surface area (Å²) in [6.45, 7) is 10.8. The Balaban J connectivity index is 1.67. The fourth-order valence-electron chi connectivity index (χ4n) is 4.27. The number of nitrogens with zero attached hydrogens (tertiary/aromatic N) is 3. The Morgan fingerprint density at radius 1 is 1.21 bits per heavy atom. The van der Waals surface area contributed by atoms with Gasteiger partial charge in [-0.25, -0.2) is 24.4 Å². The van der Waals surface area contributed by atoms with Gasteiger partial charge in [-0.15, -0.1) is 0 Å². The van der Waals surface area contributed by atoms with E-state index in [0.717, 1.165) is 19.4 Å². The summed E-state index contributed by atoms with van der Waals surface area (Å²) in [5.41, 5.74) is 0.448. The summed E-state index contributed by atoms with van der Waals surface area (Å²) in [5, 5.41) is 20.4. The number of carboxylic acid groups (broad SMARTS) is 1. The average Bonchev–Trinajstić information content (AvgIpc) is 3.35. The van der Waals surface area contributed by atoms with Crippen LogP contribution in [-0.2, 0) is 38.4 Å². The number of aliphatic carboxylic acids is 1. The van der Waals surface area contributed by atoms with Crippen LogP contribution in [-0.4, -0.2) is 80.6 Å². The molecule has 0 fully saturated rings. The first-order valence-corrected chi connectivity index (χ1v) is 14.4. The molecule has 2 aromatic heterocycles. The zero-order valence-electron chi connectivity index (χ0n) is 25.4. The lowest BCUT2D eigenvalue weighted by Crippen LogP contribution is -2.56. The summed E-state index contributed by atoms with van der Waals surface area (Å²) in [4.78, 5) is 58.8. The van der Waals surface area contributed by atoms with Crippen molar-refractivity contribution >= 4 is 29.8 Å². The molecule has 0 saturated heterocycles. The molecule has 14 nitrogen and oxygen atoms in total. The second-order valence-electron chi connectivity index (χ2n) is 11.9. The number of nitrogens with one attached hydrogen (secondary N) is 4. The molecule has 3 heterocycles. The quantitative estimate of drug-likeness (QED) is 0.318. The van der Waals surface area contributed by atoms with Gasteiger partial charge in [0.15, 0.2) is 0 Å². The summed E-state index contributed by atoms with van der Waals surface area (Å²) >= 11 is 0. The van der Waals surface area contributed by atoms with Crippen LogP contribution in [0.5, 0.6) is 0 Å². The minimum Gasteiger partial charge on any atom is -0.480 e. The lowest BCUT2D eigenvalue weighted by atomic mass is 10.0. The third-order valence-electron chi connectivity index (χ3n) is 6.60. The molecule has 0 aliphatic carbocycles. The number of anilines is 1. The monoisotopic (exact) mass is 601 g/mol. The molecule has 0 radical (unpaired) electrons. The average molecular weight is 602 g/mol. The number of fused-ring (bicyclic) bond motifs is 2. The number of aryl methyl sites for hydroxylation is 1. The largest absolute Gasteiger partial charge is 0.480 e. The first kappa shape index (κ1) is 33.3. The van der Waals surface area contributed by atoms with Crippen molar-refractivity contribution in [1.29, 1.82) is 0 Å². The van der Waals surface area contributed by atoms with Gasteiger partial charge in [-0.1, -0.05) is 19.9 Å². The van der Waals surface area contributed by atoms with E-state index in [2.05, 4.69) is 31.2 Å². The Morgan fingerprint density at radius 2 is 1.98 bits per heavy atom. The number of imidazole rings is 1. The van der Waals surface area contributed by atoms with Gasteiger partial charge < -0.3 is 35.1 Å². The summed E-state index contributed by atoms with van der Waals surface area (Å²) in [6.07, 6.45) is 6.07. The molecule has 0 aromatic carbocycles. The van der Waals surface area contributed by atoms with Crippen molar-refractivity contribution in [2.75, 3.05) is 18.5 Å². The van der Waals surface area contributed by atoms with Crippen LogP contribution >= 0.6 is 0 Å². The van der Waals surface area contributed by atoms with Crippen LogP contribution in [0.15, 0.2) is 30.9 Å². The van der Waals surface area contributed by atoms with Gasteiger partial charge in [0.2, 0.25) is 5.91 Å². The van der Waals surface area contributed by atoms with Crippen LogP contribution in [0.3, 0.4) is 0 Å². The van der Waals surface area contributed by atoms with Gasteiger partial charge in [0.05, 0.1) is 24.7 Å². The second-order valence-corrected chi connectivity index (χ2v) is 11.9. The van der Waals surface area contributed by atoms with E-state index in [1.54, 1.807) is 33.2 Å². The summed E-state index contributed by atoms with van der Waals surface area (Å²) in [5.74, 6) is -1.38. The number of ether oxygens (including phenoxy) is 2. The van der Waals surface area contributed by atoms with E-state index in [0.29, 0.717) is 24.5 Å². The molecular formula is C29H43N7O7. The van der Waals surface area contributed by atoms with Crippen molar-refractivity contribution in [2.45, 2.75) is 90.6 Å². The predicted octanol–water partition coefficient (Wildman–Crippen LogP) is 2.48. The molecule has 1 aliphatic heterocycles. The van der Waals surface area contributed by atoms with Gasteiger partial charge in [-0.2, -0.15) is 0 Å². The Hall–Kier alpha value is -4.20. The first-order valence-electron chi connectivity index (χ1n) is 14.4. The molecule has 43 heavy (non-hydrogen) atoms. The number of carbonyl (C=O) groups excluding carboxylic acids is 3. The highest BCUT2D eigenvalue weighted by molar-refractivity contribution is 5.89. The van der Waals surface area contributed by atoms with E-state index in [1.165, 1.54) is 12.3 Å². The smallest absolute Gasteiger partial charge is 0.413 e. The van der Waals surface area contributed by atoms with E-state index in [9.17, 15) is 24.3 Å². The Morgan fingerprint density at radius 3 is 2.63 bits per heavy atom. The Bertz CT molecular complexity index is 1240. The molecule has 5 N–H and O–H groups in total. The highest BCUT2D eigenvalue weighted by Gasteiger charge is 2.28. The number of aromatic nitrogens is 3. The zero-order chi connectivity index (χ0) is 31.6. The standard InChI is InChI=1S/C29H43N7O7/c1-18(2)23-16-42-11-7-6-10-36-15-20(31-17-36)13-21(25(37)32-23)33-27(40)34-22(26(38)39)12-19-8-9-24(30-14-19)35-28(41)43-29(3,4)5/h8-9,14-15,17-18,21-23H,6-7,10-13,16H2,1-5H3,(H,32,37)(H,38,39)(H,30,35,41)(H2,33,34,40)/t21-,22+,23-/m1/s1. The van der Waals surface area contributed by atoms with Gasteiger partial charge in [-0.3, -0.25) is 10.1 Å². The fourth-order valence-corrected chi connectivity index (χ4v) is 4.27. The SMILES string of the molecule is CC(C)[C@H]1COCCCCn2cnc(c2)C[C@@H](NC(=O)N[C@@H](Cc2ccc(NC(=O)OC(C)(C)C)nc2)C(=O)O)C(=O)N1. The second kappa shape index (κ2) is 15.3. The summed E-state index contributed by atoms with van der Waals surface area (Å²) in [6, 6.07) is -0.323. The van der Waals surface area contributed by atoms with E-state index >= 15 is 0 Å². The number of pyridine rings is 1. The number of amides is 4. The van der Waals surface area contributed by atoms with Gasteiger partial charge in [0.25, 0.3) is 0 Å². The maximum atomic E-state index is 13.3. The highest BCUT2D eigenvalue weighted by atomic mass is 16.6. The van der Waals surface area contributed by atoms with Gasteiger partial charge in [0.1, 0.15) is 23.5 Å². The number of hydrogen-bond donors (Lipinski definition) is 5. The molecule has 2 bridgehead atoms. The molecule has 236 valence electrons. The minimum absolute atomic E-state index is 0.0845. The van der Waals surface area contributed by atoms with Crippen LogP contribution in [0.25, 0.3) is 0 Å². The molecule has 2 aromatic rings. The number of carboxylic acids is 1. The van der Waals surface area contributed by atoms with E-state index < -0.39 is 41.7 Å². The summed E-state index contributed by atoms with van der Waals surface area (Å²) < 4.78 is 12.9. The normalized spacial score (nSPS) is 19.0. The third kappa shape index (κ3) is 11.5. The van der Waals surface area contributed by atoms with Crippen LogP contribution in [0.1, 0.15) is 58.7 Å². The van der Waals surface area contributed by atoms with Crippen LogP contribution in [0.2, 0.25) is 0 Å². The third-order valence-corrected chi connectivity index (χ3v) is 6.60. The van der Waals surface area contributed by atoms with Crippen molar-refractivity contribution in [1.82, 2.24) is 30.5 Å². The van der Waals surface area contributed by atoms with Gasteiger partial charge in [-0.05, 0) is 51.2 Å². The summed E-state index contributed by atoms with van der Waals surface area (Å²) in [7, 11) is 0. The molecule has 3 rings (SSSR count).